The molecule has 0 saturated carbocycles. The molecule has 6 nitrogen and oxygen atoms in total. The third kappa shape index (κ3) is 3.61. The van der Waals surface area contributed by atoms with Gasteiger partial charge in [0.25, 0.3) is 0 Å². The third-order valence-electron chi connectivity index (χ3n) is 5.96. The summed E-state index contributed by atoms with van der Waals surface area (Å²) in [5.41, 5.74) is 8.73. The zero-order valence-electron chi connectivity index (χ0n) is 15.8. The summed E-state index contributed by atoms with van der Waals surface area (Å²) < 4.78 is 59.1. The van der Waals surface area contributed by atoms with Gasteiger partial charge in [0.15, 0.2) is 0 Å². The largest absolute Gasteiger partial charge is 0.370 e. The molecular formula is C19H25F2N3O3S. The van der Waals surface area contributed by atoms with Gasteiger partial charge in [0, 0.05) is 43.8 Å². The number of halogens is 2. The fourth-order valence-corrected chi connectivity index (χ4v) is 5.43. The molecule has 0 aromatic heterocycles. The first-order valence-electron chi connectivity index (χ1n) is 9.52. The molecule has 0 aliphatic carbocycles. The molecule has 0 bridgehead atoms. The summed E-state index contributed by atoms with van der Waals surface area (Å²) >= 11 is 0. The number of nitrogens with two attached hydrogens (primary N) is 1. The first-order valence-corrected chi connectivity index (χ1v) is 11.1. The van der Waals surface area contributed by atoms with E-state index in [1.165, 1.54) is 0 Å². The molecule has 28 heavy (non-hydrogen) atoms. The van der Waals surface area contributed by atoms with Crippen LogP contribution < -0.4 is 5.73 Å². The van der Waals surface area contributed by atoms with Crippen molar-refractivity contribution >= 4 is 10.0 Å². The molecule has 0 radical (unpaired) electrons. The van der Waals surface area contributed by atoms with Crippen LogP contribution in [0.3, 0.4) is 0 Å². The molecule has 3 aliphatic heterocycles. The minimum atomic E-state index is -3.17. The third-order valence-corrected chi connectivity index (χ3v) is 7.74. The molecular weight excluding hydrogens is 388 g/mol. The Morgan fingerprint density at radius 3 is 2.46 bits per heavy atom. The number of rotatable bonds is 4. The van der Waals surface area contributed by atoms with Gasteiger partial charge < -0.3 is 10.5 Å². The van der Waals surface area contributed by atoms with Gasteiger partial charge in [0.05, 0.1) is 12.4 Å². The Labute approximate surface area is 164 Å². The van der Waals surface area contributed by atoms with E-state index in [1.54, 1.807) is 11.2 Å². The molecule has 1 aromatic rings. The first kappa shape index (κ1) is 19.9. The van der Waals surface area contributed by atoms with E-state index >= 15 is 0 Å². The molecule has 154 valence electrons. The fourth-order valence-electron chi connectivity index (χ4n) is 4.36. The van der Waals surface area contributed by atoms with Crippen molar-refractivity contribution in [2.24, 2.45) is 5.73 Å². The topological polar surface area (TPSA) is 75.9 Å². The van der Waals surface area contributed by atoms with Crippen LogP contribution in [0.1, 0.15) is 25.0 Å². The van der Waals surface area contributed by atoms with Gasteiger partial charge in [-0.05, 0) is 42.7 Å². The van der Waals surface area contributed by atoms with E-state index in [1.807, 2.05) is 0 Å². The molecule has 0 amide bonds. The van der Waals surface area contributed by atoms with Crippen LogP contribution in [-0.2, 0) is 14.8 Å². The molecule has 3 atom stereocenters. The standard InChI is InChI=1S/C19H25F2N3O3S/c1-2-28(25,26)24-9-12-7-23(8-13(12)10-24)15-6-18(22)19(27-11-15)16-5-14(20)3-4-17(16)21/h3-5,15,18-19H,2,6-11,22H2,1H3/t15-,18+,19-/m1/s1. The minimum Gasteiger partial charge on any atom is -0.370 e. The second kappa shape index (κ2) is 7.46. The highest BCUT2D eigenvalue weighted by atomic mass is 32.2. The SMILES string of the molecule is CCS(=O)(=O)N1CC2=C(CN([C@H]3CO[C@H](c4cc(F)ccc4F)[C@@H](N)C3)C2)C1. The maximum Gasteiger partial charge on any atom is 0.214 e. The lowest BCUT2D eigenvalue weighted by molar-refractivity contribution is -0.0467. The smallest absolute Gasteiger partial charge is 0.214 e. The Kier molecular flexibility index (Phi) is 5.30. The molecule has 9 heteroatoms. The van der Waals surface area contributed by atoms with Crippen LogP contribution in [0.4, 0.5) is 8.78 Å². The molecule has 1 aromatic carbocycles. The van der Waals surface area contributed by atoms with Gasteiger partial charge in [0.1, 0.15) is 17.7 Å². The highest BCUT2D eigenvalue weighted by Gasteiger charge is 2.40. The molecule has 3 heterocycles. The lowest BCUT2D eigenvalue weighted by atomic mass is 9.93. The summed E-state index contributed by atoms with van der Waals surface area (Å²) in [6, 6.07) is 2.95. The Morgan fingerprint density at radius 1 is 1.18 bits per heavy atom. The van der Waals surface area contributed by atoms with Gasteiger partial charge in [-0.1, -0.05) is 0 Å². The summed E-state index contributed by atoms with van der Waals surface area (Å²) in [6.45, 7) is 4.35. The number of ether oxygens (including phenoxy) is 1. The zero-order valence-corrected chi connectivity index (χ0v) is 16.6. The van der Waals surface area contributed by atoms with E-state index in [4.69, 9.17) is 10.5 Å². The lowest BCUT2D eigenvalue weighted by Gasteiger charge is -2.39. The average molecular weight is 413 g/mol. The van der Waals surface area contributed by atoms with Crippen molar-refractivity contribution in [1.82, 2.24) is 9.21 Å². The maximum absolute atomic E-state index is 14.1. The average Bonchev–Trinajstić information content (AvgIpc) is 3.23. The highest BCUT2D eigenvalue weighted by Crippen LogP contribution is 2.34. The number of nitrogens with zero attached hydrogens (tertiary/aromatic N) is 2. The Balaban J connectivity index is 1.37. The Bertz CT molecular complexity index is 888. The summed E-state index contributed by atoms with van der Waals surface area (Å²) in [5.74, 6) is -0.916. The van der Waals surface area contributed by atoms with Crippen LogP contribution in [0.15, 0.2) is 29.3 Å². The van der Waals surface area contributed by atoms with E-state index in [9.17, 15) is 17.2 Å². The second-order valence-electron chi connectivity index (χ2n) is 7.75. The number of hydrogen-bond donors (Lipinski definition) is 1. The summed E-state index contributed by atoms with van der Waals surface area (Å²) in [5, 5.41) is 0. The van der Waals surface area contributed by atoms with Crippen molar-refractivity contribution in [3.8, 4) is 0 Å². The van der Waals surface area contributed by atoms with Crippen molar-refractivity contribution in [3.05, 3.63) is 46.5 Å². The van der Waals surface area contributed by atoms with Crippen molar-refractivity contribution in [2.45, 2.75) is 31.5 Å². The predicted molar refractivity (Wildman–Crippen MR) is 101 cm³/mol. The Hall–Kier alpha value is -1.39. The number of benzene rings is 1. The van der Waals surface area contributed by atoms with Gasteiger partial charge in [0.2, 0.25) is 10.0 Å². The highest BCUT2D eigenvalue weighted by molar-refractivity contribution is 7.89. The van der Waals surface area contributed by atoms with E-state index in [-0.39, 0.29) is 17.4 Å². The molecule has 0 spiro atoms. The van der Waals surface area contributed by atoms with Crippen LogP contribution in [0.2, 0.25) is 0 Å². The van der Waals surface area contributed by atoms with Gasteiger partial charge in [-0.15, -0.1) is 0 Å². The molecule has 3 aliphatic rings. The fraction of sp³-hybridized carbons (Fsp3) is 0.579. The van der Waals surface area contributed by atoms with Crippen LogP contribution in [0.25, 0.3) is 0 Å². The molecule has 2 N–H and O–H groups in total. The van der Waals surface area contributed by atoms with Crippen molar-refractivity contribution in [2.75, 3.05) is 38.5 Å². The summed E-state index contributed by atoms with van der Waals surface area (Å²) in [6.07, 6.45) is -0.0578. The van der Waals surface area contributed by atoms with Crippen LogP contribution in [0, 0.1) is 11.6 Å². The quantitative estimate of drug-likeness (QED) is 0.756. The molecule has 1 fully saturated rings. The predicted octanol–water partition coefficient (Wildman–Crippen LogP) is 1.40. The normalized spacial score (nSPS) is 29.5. The first-order chi connectivity index (χ1) is 13.3. The molecule has 0 unspecified atom stereocenters. The van der Waals surface area contributed by atoms with Crippen molar-refractivity contribution < 1.29 is 21.9 Å². The minimum absolute atomic E-state index is 0.0738. The molecule has 4 rings (SSSR count). The number of hydrogen-bond acceptors (Lipinski definition) is 5. The van der Waals surface area contributed by atoms with Crippen LogP contribution in [0.5, 0.6) is 0 Å². The molecule has 1 saturated heterocycles. The van der Waals surface area contributed by atoms with E-state index < -0.39 is 33.8 Å². The monoisotopic (exact) mass is 413 g/mol. The van der Waals surface area contributed by atoms with Gasteiger partial charge in [-0.25, -0.2) is 17.2 Å². The van der Waals surface area contributed by atoms with Crippen LogP contribution >= 0.6 is 0 Å². The van der Waals surface area contributed by atoms with Crippen molar-refractivity contribution in [3.63, 3.8) is 0 Å². The second-order valence-corrected chi connectivity index (χ2v) is 10.0. The van der Waals surface area contributed by atoms with Crippen LogP contribution in [-0.4, -0.2) is 68.2 Å². The lowest BCUT2D eigenvalue weighted by Crippen LogP contribution is -2.49. The van der Waals surface area contributed by atoms with E-state index in [2.05, 4.69) is 4.90 Å². The van der Waals surface area contributed by atoms with E-state index in [0.717, 1.165) is 29.3 Å². The number of sulfonamides is 1. The van der Waals surface area contributed by atoms with E-state index in [0.29, 0.717) is 39.2 Å². The Morgan fingerprint density at radius 2 is 1.86 bits per heavy atom. The maximum atomic E-state index is 14.1. The van der Waals surface area contributed by atoms with Gasteiger partial charge in [-0.2, -0.15) is 4.31 Å². The van der Waals surface area contributed by atoms with Crippen molar-refractivity contribution in [1.29, 1.82) is 0 Å². The zero-order chi connectivity index (χ0) is 20.1. The van der Waals surface area contributed by atoms with Gasteiger partial charge >= 0.3 is 0 Å². The summed E-state index contributed by atoms with van der Waals surface area (Å²) in [7, 11) is -3.17. The van der Waals surface area contributed by atoms with Gasteiger partial charge in [-0.3, -0.25) is 4.90 Å². The summed E-state index contributed by atoms with van der Waals surface area (Å²) in [4.78, 5) is 2.25.